The van der Waals surface area contributed by atoms with Crippen molar-refractivity contribution in [1.29, 1.82) is 0 Å². The maximum Gasteiger partial charge on any atom is 0.266 e. The number of carbonyl (C=O) groups excluding carboxylic acids is 3. The van der Waals surface area contributed by atoms with Gasteiger partial charge in [0.05, 0.1) is 10.9 Å². The molecule has 0 atom stereocenters. The Morgan fingerprint density at radius 1 is 1.12 bits per heavy atom. The highest BCUT2D eigenvalue weighted by Gasteiger charge is 2.31. The number of thiocarbonyl (C=S) groups is 1. The lowest BCUT2D eigenvalue weighted by Crippen LogP contribution is -2.29. The van der Waals surface area contributed by atoms with E-state index in [-0.39, 0.29) is 23.8 Å². The SMILES string of the molecule is CC(/C=C1\SC(=S)N(CCCC(=O)Nc2ccc(C(=O)[O-])cc2)C1=O)=C\c1ccccc1. The van der Waals surface area contributed by atoms with Gasteiger partial charge in [0, 0.05) is 18.7 Å². The van der Waals surface area contributed by atoms with Crippen molar-refractivity contribution >= 4 is 57.8 Å². The van der Waals surface area contributed by atoms with E-state index in [1.54, 1.807) is 0 Å². The summed E-state index contributed by atoms with van der Waals surface area (Å²) in [7, 11) is 0. The molecule has 6 nitrogen and oxygen atoms in total. The molecule has 0 radical (unpaired) electrons. The summed E-state index contributed by atoms with van der Waals surface area (Å²) >= 11 is 6.61. The smallest absolute Gasteiger partial charge is 0.266 e. The molecular formula is C24H21N2O4S2-. The molecule has 2 aromatic carbocycles. The van der Waals surface area contributed by atoms with E-state index >= 15 is 0 Å². The molecule has 2 amide bonds. The van der Waals surface area contributed by atoms with Crippen LogP contribution in [0.2, 0.25) is 0 Å². The lowest BCUT2D eigenvalue weighted by Gasteiger charge is -2.14. The summed E-state index contributed by atoms with van der Waals surface area (Å²) in [5, 5.41) is 13.5. The highest BCUT2D eigenvalue weighted by Crippen LogP contribution is 2.32. The molecule has 0 aromatic heterocycles. The maximum absolute atomic E-state index is 12.7. The minimum absolute atomic E-state index is 0.0410. The van der Waals surface area contributed by atoms with Crippen LogP contribution in [0, 0.1) is 0 Å². The van der Waals surface area contributed by atoms with Crippen LogP contribution in [0.25, 0.3) is 6.08 Å². The number of carboxylic acid groups (broad SMARTS) is 1. The minimum atomic E-state index is -1.27. The number of rotatable bonds is 8. The second-order valence-corrected chi connectivity index (χ2v) is 8.82. The van der Waals surface area contributed by atoms with Crippen LogP contribution in [0.5, 0.6) is 0 Å². The molecule has 0 unspecified atom stereocenters. The molecule has 0 spiro atoms. The summed E-state index contributed by atoms with van der Waals surface area (Å²) in [5.74, 6) is -1.65. The number of anilines is 1. The number of nitrogens with one attached hydrogen (secondary N) is 1. The summed E-state index contributed by atoms with van der Waals surface area (Å²) in [5.41, 5.74) is 2.53. The first kappa shape index (κ1) is 23.4. The van der Waals surface area contributed by atoms with Gasteiger partial charge >= 0.3 is 0 Å². The van der Waals surface area contributed by atoms with Crippen LogP contribution in [0.15, 0.2) is 71.2 Å². The van der Waals surface area contributed by atoms with Gasteiger partial charge in [-0.05, 0) is 48.3 Å². The number of amides is 2. The summed E-state index contributed by atoms with van der Waals surface area (Å²) < 4.78 is 0.479. The molecule has 1 aliphatic rings. The van der Waals surface area contributed by atoms with Crippen LogP contribution < -0.4 is 10.4 Å². The molecule has 2 aromatic rings. The monoisotopic (exact) mass is 465 g/mol. The van der Waals surface area contributed by atoms with Crippen molar-refractivity contribution in [1.82, 2.24) is 4.90 Å². The number of nitrogens with zero attached hydrogens (tertiary/aromatic N) is 1. The van der Waals surface area contributed by atoms with E-state index in [0.717, 1.165) is 11.1 Å². The van der Waals surface area contributed by atoms with Crippen molar-refractivity contribution in [2.24, 2.45) is 0 Å². The highest BCUT2D eigenvalue weighted by molar-refractivity contribution is 8.26. The number of thioether (sulfide) groups is 1. The van der Waals surface area contributed by atoms with Gasteiger partial charge in [0.25, 0.3) is 5.91 Å². The van der Waals surface area contributed by atoms with E-state index < -0.39 is 5.97 Å². The molecule has 32 heavy (non-hydrogen) atoms. The van der Waals surface area contributed by atoms with Crippen molar-refractivity contribution < 1.29 is 19.5 Å². The molecule has 0 saturated carbocycles. The molecule has 1 heterocycles. The molecular weight excluding hydrogens is 444 g/mol. The van der Waals surface area contributed by atoms with Crippen LogP contribution in [0.3, 0.4) is 0 Å². The average molecular weight is 466 g/mol. The first-order valence-electron chi connectivity index (χ1n) is 9.93. The maximum atomic E-state index is 12.7. The summed E-state index contributed by atoms with van der Waals surface area (Å²) in [6.45, 7) is 2.28. The van der Waals surface area contributed by atoms with Crippen LogP contribution in [0.1, 0.15) is 35.7 Å². The number of benzene rings is 2. The van der Waals surface area contributed by atoms with Gasteiger partial charge in [-0.25, -0.2) is 0 Å². The molecule has 0 aliphatic carbocycles. The predicted octanol–water partition coefficient (Wildman–Crippen LogP) is 3.62. The summed E-state index contributed by atoms with van der Waals surface area (Å²) in [6.07, 6.45) is 4.47. The van der Waals surface area contributed by atoms with Gasteiger partial charge in [0.15, 0.2) is 0 Å². The Morgan fingerprint density at radius 3 is 2.47 bits per heavy atom. The third-order valence-corrected chi connectivity index (χ3v) is 5.99. The zero-order valence-corrected chi connectivity index (χ0v) is 19.0. The van der Waals surface area contributed by atoms with Crippen LogP contribution in [-0.4, -0.2) is 33.5 Å². The molecule has 1 fully saturated rings. The second-order valence-electron chi connectivity index (χ2n) is 7.15. The Morgan fingerprint density at radius 2 is 1.81 bits per heavy atom. The van der Waals surface area contributed by atoms with Crippen LogP contribution in [0.4, 0.5) is 5.69 Å². The van der Waals surface area contributed by atoms with Gasteiger partial charge < -0.3 is 15.2 Å². The average Bonchev–Trinajstić information content (AvgIpc) is 3.02. The second kappa shape index (κ2) is 10.9. The van der Waals surface area contributed by atoms with E-state index in [2.05, 4.69) is 5.32 Å². The first-order valence-corrected chi connectivity index (χ1v) is 11.2. The third kappa shape index (κ3) is 6.38. The Labute approximate surface area is 196 Å². The van der Waals surface area contributed by atoms with Crippen molar-refractivity contribution in [2.45, 2.75) is 19.8 Å². The summed E-state index contributed by atoms with van der Waals surface area (Å²) in [4.78, 5) is 37.7. The lowest BCUT2D eigenvalue weighted by molar-refractivity contribution is -0.255. The van der Waals surface area contributed by atoms with Gasteiger partial charge in [-0.1, -0.05) is 72.5 Å². The van der Waals surface area contributed by atoms with Gasteiger partial charge in [0.1, 0.15) is 4.32 Å². The van der Waals surface area contributed by atoms with E-state index in [9.17, 15) is 19.5 Å². The molecule has 164 valence electrons. The van der Waals surface area contributed by atoms with Crippen LogP contribution in [-0.2, 0) is 9.59 Å². The van der Waals surface area contributed by atoms with Crippen molar-refractivity contribution in [3.63, 3.8) is 0 Å². The Balaban J connectivity index is 1.51. The van der Waals surface area contributed by atoms with Gasteiger partial charge in [-0.3, -0.25) is 14.5 Å². The Bertz CT molecular complexity index is 1090. The zero-order valence-electron chi connectivity index (χ0n) is 17.4. The van der Waals surface area contributed by atoms with Crippen LogP contribution >= 0.6 is 24.0 Å². The van der Waals surface area contributed by atoms with Gasteiger partial charge in [-0.2, -0.15) is 0 Å². The fourth-order valence-corrected chi connectivity index (χ4v) is 4.42. The highest BCUT2D eigenvalue weighted by atomic mass is 32.2. The molecule has 0 bridgehead atoms. The predicted molar refractivity (Wildman–Crippen MR) is 129 cm³/mol. The number of hydrogen-bond acceptors (Lipinski definition) is 6. The van der Waals surface area contributed by atoms with Gasteiger partial charge in [-0.15, -0.1) is 0 Å². The molecule has 1 saturated heterocycles. The van der Waals surface area contributed by atoms with E-state index in [4.69, 9.17) is 12.2 Å². The normalized spacial score (nSPS) is 15.3. The number of hydrogen-bond donors (Lipinski definition) is 1. The molecule has 8 heteroatoms. The minimum Gasteiger partial charge on any atom is -0.545 e. The van der Waals surface area contributed by atoms with Gasteiger partial charge in [0.2, 0.25) is 5.91 Å². The lowest BCUT2D eigenvalue weighted by atomic mass is 10.1. The topological polar surface area (TPSA) is 89.5 Å². The standard InChI is InChI=1S/C24H22N2O4S2/c1-16(14-17-6-3-2-4-7-17)15-20-22(28)26(24(31)32-20)13-5-8-21(27)25-19-11-9-18(10-12-19)23(29)30/h2-4,6-7,9-12,14-15H,5,8,13H2,1H3,(H,25,27)(H,29,30)/p-1/b16-14+,20-15-. The fourth-order valence-electron chi connectivity index (χ4n) is 3.06. The van der Waals surface area contributed by atoms with Crippen molar-refractivity contribution in [3.05, 3.63) is 82.3 Å². The fraction of sp³-hybridized carbons (Fsp3) is 0.167. The van der Waals surface area contributed by atoms with E-state index in [1.165, 1.54) is 40.9 Å². The summed E-state index contributed by atoms with van der Waals surface area (Å²) in [6, 6.07) is 15.6. The number of allylic oxidation sites excluding steroid dienone is 2. The Hall–Kier alpha value is -3.23. The molecule has 1 aliphatic heterocycles. The number of aromatic carboxylic acids is 1. The third-order valence-electron chi connectivity index (χ3n) is 4.62. The first-order chi connectivity index (χ1) is 15.3. The largest absolute Gasteiger partial charge is 0.545 e. The van der Waals surface area contributed by atoms with E-state index in [1.807, 2.05) is 49.4 Å². The Kier molecular flexibility index (Phi) is 7.97. The number of carbonyl (C=O) groups is 3. The number of carboxylic acids is 1. The van der Waals surface area contributed by atoms with E-state index in [0.29, 0.717) is 27.9 Å². The van der Waals surface area contributed by atoms with Crippen molar-refractivity contribution in [2.75, 3.05) is 11.9 Å². The zero-order chi connectivity index (χ0) is 23.1. The molecule has 1 N–H and O–H groups in total. The quantitative estimate of drug-likeness (QED) is 0.473. The van der Waals surface area contributed by atoms with Crippen molar-refractivity contribution in [3.8, 4) is 0 Å². The molecule has 3 rings (SSSR count).